The molecule has 1 atom stereocenters. The normalized spacial score (nSPS) is 17.9. The SMILES string of the molecule is CC(C)[C@@H](CNc1cc(C(F)(F)F)nc2ccccc12)N1CCCCCC1. The maximum Gasteiger partial charge on any atom is 0.433 e. The molecule has 27 heavy (non-hydrogen) atoms. The van der Waals surface area contributed by atoms with E-state index in [0.29, 0.717) is 29.7 Å². The van der Waals surface area contributed by atoms with Crippen molar-refractivity contribution >= 4 is 16.6 Å². The van der Waals surface area contributed by atoms with Crippen LogP contribution in [0.4, 0.5) is 18.9 Å². The second-order valence-electron chi connectivity index (χ2n) is 7.71. The molecule has 148 valence electrons. The highest BCUT2D eigenvalue weighted by Crippen LogP contribution is 2.33. The number of benzene rings is 1. The lowest BCUT2D eigenvalue weighted by atomic mass is 10.0. The van der Waals surface area contributed by atoms with Gasteiger partial charge in [0.2, 0.25) is 0 Å². The monoisotopic (exact) mass is 379 g/mol. The summed E-state index contributed by atoms with van der Waals surface area (Å²) in [4.78, 5) is 6.29. The molecular formula is C21H28F3N3. The van der Waals surface area contributed by atoms with E-state index < -0.39 is 11.9 Å². The van der Waals surface area contributed by atoms with E-state index in [0.717, 1.165) is 24.5 Å². The molecule has 3 nitrogen and oxygen atoms in total. The summed E-state index contributed by atoms with van der Waals surface area (Å²) < 4.78 is 39.8. The van der Waals surface area contributed by atoms with E-state index >= 15 is 0 Å². The van der Waals surface area contributed by atoms with Crippen LogP contribution in [0.3, 0.4) is 0 Å². The minimum atomic E-state index is -4.46. The average molecular weight is 379 g/mol. The standard InChI is InChI=1S/C21H28F3N3/c1-15(2)19(27-11-7-3-4-8-12-27)14-25-18-13-20(21(22,23)24)26-17-10-6-5-9-16(17)18/h5-6,9-10,13,15,19H,3-4,7-8,11-12,14H2,1-2H3,(H,25,26)/t19-/m1/s1. The van der Waals surface area contributed by atoms with Crippen LogP contribution in [0.5, 0.6) is 0 Å². The number of likely N-dealkylation sites (tertiary alicyclic amines) is 1. The third-order valence-corrected chi connectivity index (χ3v) is 5.39. The molecule has 0 spiro atoms. The summed E-state index contributed by atoms with van der Waals surface area (Å²) in [5.74, 6) is 0.422. The highest BCUT2D eigenvalue weighted by molar-refractivity contribution is 5.91. The molecule has 1 fully saturated rings. The number of hydrogen-bond acceptors (Lipinski definition) is 3. The third kappa shape index (κ3) is 4.92. The summed E-state index contributed by atoms with van der Waals surface area (Å²) in [7, 11) is 0. The molecule has 0 saturated carbocycles. The van der Waals surface area contributed by atoms with Crippen molar-refractivity contribution in [2.75, 3.05) is 25.0 Å². The van der Waals surface area contributed by atoms with Gasteiger partial charge in [-0.2, -0.15) is 13.2 Å². The van der Waals surface area contributed by atoms with Crippen LogP contribution in [-0.4, -0.2) is 35.6 Å². The maximum absolute atomic E-state index is 13.3. The lowest BCUT2D eigenvalue weighted by Gasteiger charge is -2.34. The predicted octanol–water partition coefficient (Wildman–Crippen LogP) is 5.57. The molecular weight excluding hydrogens is 351 g/mol. The van der Waals surface area contributed by atoms with Gasteiger partial charge in [-0.3, -0.25) is 4.90 Å². The van der Waals surface area contributed by atoms with Crippen molar-refractivity contribution in [3.63, 3.8) is 0 Å². The predicted molar refractivity (Wildman–Crippen MR) is 104 cm³/mol. The Balaban J connectivity index is 1.85. The van der Waals surface area contributed by atoms with Gasteiger partial charge in [-0.05, 0) is 44.0 Å². The second kappa shape index (κ2) is 8.46. The first-order chi connectivity index (χ1) is 12.9. The van der Waals surface area contributed by atoms with Crippen molar-refractivity contribution in [2.45, 2.75) is 51.7 Å². The fourth-order valence-electron chi connectivity index (χ4n) is 3.89. The van der Waals surface area contributed by atoms with Gasteiger partial charge < -0.3 is 5.32 Å². The van der Waals surface area contributed by atoms with Crippen molar-refractivity contribution in [3.8, 4) is 0 Å². The molecule has 1 aliphatic rings. The summed E-state index contributed by atoms with van der Waals surface area (Å²) in [6, 6.07) is 8.43. The molecule has 0 unspecified atom stereocenters. The van der Waals surface area contributed by atoms with E-state index in [1.54, 1.807) is 12.1 Å². The van der Waals surface area contributed by atoms with E-state index in [-0.39, 0.29) is 0 Å². The van der Waals surface area contributed by atoms with Crippen molar-refractivity contribution in [1.82, 2.24) is 9.88 Å². The Hall–Kier alpha value is -1.82. The van der Waals surface area contributed by atoms with E-state index in [2.05, 4.69) is 29.0 Å². The van der Waals surface area contributed by atoms with Crippen LogP contribution in [0.2, 0.25) is 0 Å². The van der Waals surface area contributed by atoms with Crippen LogP contribution in [0.25, 0.3) is 10.9 Å². The van der Waals surface area contributed by atoms with Gasteiger partial charge in [0.15, 0.2) is 0 Å². The van der Waals surface area contributed by atoms with Crippen LogP contribution < -0.4 is 5.32 Å². The van der Waals surface area contributed by atoms with Gasteiger partial charge in [-0.25, -0.2) is 4.98 Å². The molecule has 0 amide bonds. The number of alkyl halides is 3. The molecule has 0 aliphatic carbocycles. The zero-order chi connectivity index (χ0) is 19.4. The zero-order valence-electron chi connectivity index (χ0n) is 16.0. The molecule has 0 radical (unpaired) electrons. The molecule has 2 heterocycles. The van der Waals surface area contributed by atoms with Crippen molar-refractivity contribution in [1.29, 1.82) is 0 Å². The van der Waals surface area contributed by atoms with Crippen molar-refractivity contribution in [2.24, 2.45) is 5.92 Å². The maximum atomic E-state index is 13.3. The Morgan fingerprint density at radius 2 is 1.74 bits per heavy atom. The number of rotatable bonds is 5. The molecule has 1 saturated heterocycles. The van der Waals surface area contributed by atoms with Crippen LogP contribution >= 0.6 is 0 Å². The summed E-state index contributed by atoms with van der Waals surface area (Å²) in [6.45, 7) is 7.12. The van der Waals surface area contributed by atoms with E-state index in [4.69, 9.17) is 0 Å². The first kappa shape index (κ1) is 19.9. The smallest absolute Gasteiger partial charge is 0.383 e. The molecule has 1 aromatic carbocycles. The minimum Gasteiger partial charge on any atom is -0.383 e. The lowest BCUT2D eigenvalue weighted by Crippen LogP contribution is -2.44. The quantitative estimate of drug-likeness (QED) is 0.736. The van der Waals surface area contributed by atoms with Crippen molar-refractivity contribution in [3.05, 3.63) is 36.0 Å². The number of aromatic nitrogens is 1. The van der Waals surface area contributed by atoms with Gasteiger partial charge in [0.1, 0.15) is 5.69 Å². The molecule has 1 aromatic heterocycles. The van der Waals surface area contributed by atoms with Gasteiger partial charge in [0.05, 0.1) is 5.52 Å². The Kier molecular flexibility index (Phi) is 6.25. The fraction of sp³-hybridized carbons (Fsp3) is 0.571. The third-order valence-electron chi connectivity index (χ3n) is 5.39. The summed E-state index contributed by atoms with van der Waals surface area (Å²) in [5, 5.41) is 4.04. The Morgan fingerprint density at radius 1 is 1.07 bits per heavy atom. The number of hydrogen-bond donors (Lipinski definition) is 1. The summed E-state index contributed by atoms with van der Waals surface area (Å²) >= 11 is 0. The van der Waals surface area contributed by atoms with Gasteiger partial charge in [0.25, 0.3) is 0 Å². The summed E-state index contributed by atoms with van der Waals surface area (Å²) in [5.41, 5.74) is 0.0265. The Bertz CT molecular complexity index is 750. The topological polar surface area (TPSA) is 28.2 Å². The molecule has 6 heteroatoms. The number of fused-ring (bicyclic) bond motifs is 1. The van der Waals surface area contributed by atoms with Crippen LogP contribution in [0, 0.1) is 5.92 Å². The van der Waals surface area contributed by atoms with Gasteiger partial charge in [0, 0.05) is 23.7 Å². The number of pyridine rings is 1. The molecule has 1 aliphatic heterocycles. The van der Waals surface area contributed by atoms with Crippen molar-refractivity contribution < 1.29 is 13.2 Å². The number of halogens is 3. The average Bonchev–Trinajstić information content (AvgIpc) is 2.90. The van der Waals surface area contributed by atoms with Gasteiger partial charge in [-0.1, -0.05) is 44.9 Å². The fourth-order valence-corrected chi connectivity index (χ4v) is 3.89. The number of para-hydroxylation sites is 1. The molecule has 1 N–H and O–H groups in total. The zero-order valence-corrected chi connectivity index (χ0v) is 16.0. The largest absolute Gasteiger partial charge is 0.433 e. The number of nitrogens with zero attached hydrogens (tertiary/aromatic N) is 2. The molecule has 3 rings (SSSR count). The lowest BCUT2D eigenvalue weighted by molar-refractivity contribution is -0.140. The molecule has 2 aromatic rings. The van der Waals surface area contributed by atoms with E-state index in [9.17, 15) is 13.2 Å². The van der Waals surface area contributed by atoms with Crippen LogP contribution in [0.15, 0.2) is 30.3 Å². The van der Waals surface area contributed by atoms with Gasteiger partial charge >= 0.3 is 6.18 Å². The van der Waals surface area contributed by atoms with E-state index in [1.807, 2.05) is 12.1 Å². The van der Waals surface area contributed by atoms with E-state index in [1.165, 1.54) is 25.7 Å². The first-order valence-corrected chi connectivity index (χ1v) is 9.81. The summed E-state index contributed by atoms with van der Waals surface area (Å²) in [6.07, 6.45) is 0.458. The van der Waals surface area contributed by atoms with Crippen LogP contribution in [-0.2, 0) is 6.18 Å². The second-order valence-corrected chi connectivity index (χ2v) is 7.71. The Morgan fingerprint density at radius 3 is 2.37 bits per heavy atom. The Labute approximate surface area is 159 Å². The number of nitrogens with one attached hydrogen (secondary N) is 1. The van der Waals surface area contributed by atoms with Crippen LogP contribution in [0.1, 0.15) is 45.2 Å². The molecule has 0 bridgehead atoms. The highest BCUT2D eigenvalue weighted by atomic mass is 19.4. The minimum absolute atomic E-state index is 0.296. The first-order valence-electron chi connectivity index (χ1n) is 9.81. The highest BCUT2D eigenvalue weighted by Gasteiger charge is 2.33. The van der Waals surface area contributed by atoms with Gasteiger partial charge in [-0.15, -0.1) is 0 Å². The number of anilines is 1.